The molecule has 0 amide bonds. The minimum atomic E-state index is -0.759. The van der Waals surface area contributed by atoms with Crippen molar-refractivity contribution in [1.29, 1.82) is 0 Å². The first-order chi connectivity index (χ1) is 6.30. The van der Waals surface area contributed by atoms with Gasteiger partial charge in [-0.05, 0) is 19.8 Å². The predicted octanol–water partition coefficient (Wildman–Crippen LogP) is 0.880. The van der Waals surface area contributed by atoms with Crippen molar-refractivity contribution in [2.24, 2.45) is 11.7 Å². The molecule has 82 valence electrons. The third-order valence-corrected chi connectivity index (χ3v) is 2.06. The molecule has 0 aliphatic heterocycles. The number of hydrogen-bond donors (Lipinski definition) is 1. The summed E-state index contributed by atoms with van der Waals surface area (Å²) in [5.41, 5.74) is 4.91. The van der Waals surface area contributed by atoms with Gasteiger partial charge in [0.2, 0.25) is 0 Å². The number of ether oxygens (including phenoxy) is 1. The molecule has 0 aromatic rings. The lowest BCUT2D eigenvalue weighted by molar-refractivity contribution is -0.143. The van der Waals surface area contributed by atoms with Crippen LogP contribution < -0.4 is 5.73 Å². The zero-order valence-electron chi connectivity index (χ0n) is 9.24. The van der Waals surface area contributed by atoms with E-state index in [4.69, 9.17) is 10.5 Å². The average Bonchev–Trinajstić information content (AvgIpc) is 2.01. The van der Waals surface area contributed by atoms with Crippen LogP contribution in [0.2, 0.25) is 0 Å². The van der Waals surface area contributed by atoms with Gasteiger partial charge < -0.3 is 10.5 Å². The van der Waals surface area contributed by atoms with Crippen LogP contribution in [0.25, 0.3) is 0 Å². The first-order valence-electron chi connectivity index (χ1n) is 4.70. The van der Waals surface area contributed by atoms with Crippen LogP contribution in [0, 0.1) is 5.92 Å². The van der Waals surface area contributed by atoms with Gasteiger partial charge in [-0.15, -0.1) is 0 Å². The summed E-state index contributed by atoms with van der Waals surface area (Å²) in [7, 11) is 0. The Kier molecular flexibility index (Phi) is 4.77. The first-order valence-corrected chi connectivity index (χ1v) is 4.70. The topological polar surface area (TPSA) is 69.4 Å². The number of Topliss-reactive ketones (excluding diaryl/α,β-unsaturated/α-hetero) is 1. The minimum Gasteiger partial charge on any atom is -0.461 e. The van der Waals surface area contributed by atoms with E-state index in [2.05, 4.69) is 0 Å². The lowest BCUT2D eigenvalue weighted by Crippen LogP contribution is -2.40. The molecule has 1 unspecified atom stereocenters. The fourth-order valence-corrected chi connectivity index (χ4v) is 1.08. The summed E-state index contributed by atoms with van der Waals surface area (Å²) in [5, 5.41) is 0. The number of rotatable bonds is 6. The monoisotopic (exact) mass is 201 g/mol. The molecule has 0 rings (SSSR count). The molecule has 0 aromatic heterocycles. The second-order valence-electron chi connectivity index (χ2n) is 4.39. The van der Waals surface area contributed by atoms with E-state index in [0.29, 0.717) is 6.47 Å². The summed E-state index contributed by atoms with van der Waals surface area (Å²) in [6.45, 7) is 7.50. The van der Waals surface area contributed by atoms with E-state index < -0.39 is 11.6 Å². The molecule has 0 aromatic carbocycles. The molecule has 0 spiro atoms. The van der Waals surface area contributed by atoms with Crippen molar-refractivity contribution in [3.05, 3.63) is 0 Å². The Bertz CT molecular complexity index is 211. The molecular formula is C10H19NO3. The second-order valence-corrected chi connectivity index (χ2v) is 4.39. The molecule has 2 N–H and O–H groups in total. The minimum absolute atomic E-state index is 0.0770. The molecule has 0 heterocycles. The van der Waals surface area contributed by atoms with Crippen LogP contribution >= 0.6 is 0 Å². The molecule has 0 aliphatic carbocycles. The molecule has 0 fully saturated rings. The van der Waals surface area contributed by atoms with E-state index in [9.17, 15) is 9.59 Å². The number of nitrogens with two attached hydrogens (primary N) is 1. The van der Waals surface area contributed by atoms with Gasteiger partial charge in [-0.25, -0.2) is 0 Å². The van der Waals surface area contributed by atoms with E-state index in [1.165, 1.54) is 0 Å². The summed E-state index contributed by atoms with van der Waals surface area (Å²) < 4.78 is 4.77. The van der Waals surface area contributed by atoms with Crippen LogP contribution in [0.3, 0.4) is 0 Å². The molecule has 0 bridgehead atoms. The lowest BCUT2D eigenvalue weighted by Gasteiger charge is -2.24. The van der Waals surface area contributed by atoms with Crippen LogP contribution in [0.15, 0.2) is 0 Å². The van der Waals surface area contributed by atoms with Crippen molar-refractivity contribution in [1.82, 2.24) is 0 Å². The van der Waals surface area contributed by atoms with Crippen LogP contribution in [0.4, 0.5) is 0 Å². The maximum absolute atomic E-state index is 11.6. The highest BCUT2D eigenvalue weighted by Gasteiger charge is 2.27. The Balaban J connectivity index is 4.24. The van der Waals surface area contributed by atoms with Gasteiger partial charge in [-0.3, -0.25) is 9.59 Å². The van der Waals surface area contributed by atoms with Crippen molar-refractivity contribution in [2.45, 2.75) is 45.8 Å². The average molecular weight is 201 g/mol. The van der Waals surface area contributed by atoms with Crippen molar-refractivity contribution < 1.29 is 14.3 Å². The van der Waals surface area contributed by atoms with Crippen LogP contribution in [-0.2, 0) is 14.3 Å². The van der Waals surface area contributed by atoms with Crippen LogP contribution in [0.5, 0.6) is 0 Å². The van der Waals surface area contributed by atoms with Crippen molar-refractivity contribution in [2.75, 3.05) is 0 Å². The fourth-order valence-electron chi connectivity index (χ4n) is 1.08. The van der Waals surface area contributed by atoms with E-state index in [1.54, 1.807) is 13.8 Å². The summed E-state index contributed by atoms with van der Waals surface area (Å²) >= 11 is 0. The van der Waals surface area contributed by atoms with Gasteiger partial charge in [0.25, 0.3) is 6.47 Å². The molecule has 0 saturated carbocycles. The largest absolute Gasteiger partial charge is 0.461 e. The zero-order chi connectivity index (χ0) is 11.4. The number of hydrogen-bond acceptors (Lipinski definition) is 4. The van der Waals surface area contributed by atoms with Gasteiger partial charge >= 0.3 is 0 Å². The molecular weight excluding hydrogens is 182 g/mol. The summed E-state index contributed by atoms with van der Waals surface area (Å²) in [6, 6.07) is -0.482. The number of carbonyl (C=O) groups is 2. The molecule has 14 heavy (non-hydrogen) atoms. The fraction of sp³-hybridized carbons (Fsp3) is 0.800. The molecule has 0 aliphatic rings. The second kappa shape index (κ2) is 5.10. The van der Waals surface area contributed by atoms with E-state index in [-0.39, 0.29) is 18.1 Å². The smallest absolute Gasteiger partial charge is 0.293 e. The summed E-state index contributed by atoms with van der Waals surface area (Å²) in [6.07, 6.45) is 0.158. The zero-order valence-corrected chi connectivity index (χ0v) is 9.24. The summed E-state index contributed by atoms with van der Waals surface area (Å²) in [5.74, 6) is 0.0291. The van der Waals surface area contributed by atoms with Crippen LogP contribution in [0.1, 0.15) is 34.1 Å². The van der Waals surface area contributed by atoms with Crippen LogP contribution in [-0.4, -0.2) is 23.9 Å². The van der Waals surface area contributed by atoms with Gasteiger partial charge in [0.1, 0.15) is 5.60 Å². The van der Waals surface area contributed by atoms with Crippen molar-refractivity contribution >= 4 is 12.3 Å². The molecule has 4 nitrogen and oxygen atoms in total. The Morgan fingerprint density at radius 1 is 1.50 bits per heavy atom. The van der Waals surface area contributed by atoms with E-state index in [0.717, 1.165) is 0 Å². The van der Waals surface area contributed by atoms with Gasteiger partial charge in [0.15, 0.2) is 5.78 Å². The van der Waals surface area contributed by atoms with Crippen molar-refractivity contribution in [3.63, 3.8) is 0 Å². The quantitative estimate of drug-likeness (QED) is 0.648. The normalized spacial score (nSPS) is 13.9. The molecule has 0 saturated heterocycles. The Morgan fingerprint density at radius 3 is 2.36 bits per heavy atom. The SMILES string of the molecule is CC(C)C(N)C(=O)CC(C)(C)OC=O. The highest BCUT2D eigenvalue weighted by Crippen LogP contribution is 2.16. The maximum atomic E-state index is 11.6. The lowest BCUT2D eigenvalue weighted by atomic mass is 9.92. The number of carbonyl (C=O) groups excluding carboxylic acids is 2. The highest BCUT2D eigenvalue weighted by atomic mass is 16.5. The van der Waals surface area contributed by atoms with Crippen molar-refractivity contribution in [3.8, 4) is 0 Å². The number of ketones is 1. The Labute approximate surface area is 84.8 Å². The predicted molar refractivity (Wildman–Crippen MR) is 53.7 cm³/mol. The van der Waals surface area contributed by atoms with E-state index >= 15 is 0 Å². The molecule has 1 atom stereocenters. The van der Waals surface area contributed by atoms with Gasteiger partial charge in [-0.1, -0.05) is 13.8 Å². The third-order valence-electron chi connectivity index (χ3n) is 2.06. The molecule has 4 heteroatoms. The first kappa shape index (κ1) is 13.1. The van der Waals surface area contributed by atoms with Gasteiger partial charge in [0, 0.05) is 6.42 Å². The highest BCUT2D eigenvalue weighted by molar-refractivity contribution is 5.84. The maximum Gasteiger partial charge on any atom is 0.293 e. The third kappa shape index (κ3) is 4.37. The molecule has 0 radical (unpaired) electrons. The Hall–Kier alpha value is -0.900. The Morgan fingerprint density at radius 2 is 2.00 bits per heavy atom. The van der Waals surface area contributed by atoms with Gasteiger partial charge in [-0.2, -0.15) is 0 Å². The summed E-state index contributed by atoms with van der Waals surface area (Å²) in [4.78, 5) is 21.7. The standard InChI is InChI=1S/C10H19NO3/c1-7(2)9(11)8(13)5-10(3,4)14-6-12/h6-7,9H,5,11H2,1-4H3. The van der Waals surface area contributed by atoms with E-state index in [1.807, 2.05) is 13.8 Å². The van der Waals surface area contributed by atoms with Gasteiger partial charge in [0.05, 0.1) is 6.04 Å².